The van der Waals surface area contributed by atoms with Gasteiger partial charge >= 0.3 is 5.97 Å². The van der Waals surface area contributed by atoms with E-state index in [-0.39, 0.29) is 16.5 Å². The van der Waals surface area contributed by atoms with Crippen molar-refractivity contribution >= 4 is 51.7 Å². The summed E-state index contributed by atoms with van der Waals surface area (Å²) in [5, 5.41) is 19.4. The lowest BCUT2D eigenvalue weighted by Gasteiger charge is -2.51. The van der Waals surface area contributed by atoms with Crippen molar-refractivity contribution in [3.8, 4) is 0 Å². The minimum atomic E-state index is -1.06. The Hall–Kier alpha value is -2.64. The maximum atomic E-state index is 12.9. The number of aliphatic carboxylic acids is 1. The van der Waals surface area contributed by atoms with Gasteiger partial charge in [-0.1, -0.05) is 5.16 Å². The Kier molecular flexibility index (Phi) is 6.14. The molecule has 2 amide bonds. The fourth-order valence-electron chi connectivity index (χ4n) is 4.44. The number of carboxylic acids is 1. The molecule has 3 atom stereocenters. The third-order valence-corrected chi connectivity index (χ3v) is 7.85. The highest BCUT2D eigenvalue weighted by Crippen LogP contribution is 2.41. The van der Waals surface area contributed by atoms with Gasteiger partial charge in [0, 0.05) is 23.8 Å². The van der Waals surface area contributed by atoms with Gasteiger partial charge in [0.05, 0.1) is 20.1 Å². The lowest BCUT2D eigenvalue weighted by Crippen LogP contribution is -2.74. The smallest absolute Gasteiger partial charge is 0.331 e. The number of fused-ring (bicyclic) bond motifs is 1. The molecule has 11 nitrogen and oxygen atoms in total. The molecule has 1 aromatic heterocycles. The summed E-state index contributed by atoms with van der Waals surface area (Å²) >= 11 is 2.50. The van der Waals surface area contributed by atoms with E-state index in [4.69, 9.17) is 10.6 Å². The molecule has 2 saturated heterocycles. The van der Waals surface area contributed by atoms with Gasteiger partial charge in [-0.15, -0.1) is 23.1 Å². The molecule has 3 aliphatic heterocycles. The molecular weight excluding hydrogens is 456 g/mol. The van der Waals surface area contributed by atoms with E-state index >= 15 is 0 Å². The molecule has 3 aliphatic rings. The van der Waals surface area contributed by atoms with Gasteiger partial charge in [-0.25, -0.2) is 9.78 Å². The lowest BCUT2D eigenvalue weighted by atomic mass is 9.97. The monoisotopic (exact) mass is 481 g/mol. The van der Waals surface area contributed by atoms with Crippen LogP contribution in [0.1, 0.15) is 18.5 Å². The number of nitrogens with zero attached hydrogens (tertiary/aromatic N) is 4. The number of likely N-dealkylation sites (tertiary alicyclic amines) is 1. The number of β-lactam (4-membered cyclic amide) rings is 1. The summed E-state index contributed by atoms with van der Waals surface area (Å²) < 4.78 is 0.774. The third kappa shape index (κ3) is 4.07. The third-order valence-electron chi connectivity index (χ3n) is 5.96. The summed E-state index contributed by atoms with van der Waals surface area (Å²) in [5.41, 5.74) is 6.49. The number of thioether (sulfide) groups is 1. The predicted molar refractivity (Wildman–Crippen MR) is 120 cm³/mol. The minimum absolute atomic E-state index is 0.106. The van der Waals surface area contributed by atoms with Gasteiger partial charge < -0.3 is 30.4 Å². The molecule has 2 fully saturated rings. The maximum absolute atomic E-state index is 12.9. The standard InChI is InChI=1S/C19H24N6O5S2/c1-25(5-3-4-6-25)7-10-8-31-17-13(16(27)24(17)14(10)18(28)29)22-15(26)12(23-30-2)11-9-32-19(20)21-11/h8-9,13-14,17H,3-7H2,1-2H3,(H3-,20,21,22,26,28,29)/p+1/b23-12+. The number of nitrogens with two attached hydrogens (primary N) is 1. The molecule has 0 radical (unpaired) electrons. The van der Waals surface area contributed by atoms with E-state index in [2.05, 4.69) is 22.5 Å². The van der Waals surface area contributed by atoms with E-state index in [0.717, 1.165) is 47.3 Å². The molecule has 4 heterocycles. The van der Waals surface area contributed by atoms with E-state index in [1.807, 2.05) is 5.41 Å². The molecule has 0 spiro atoms. The van der Waals surface area contributed by atoms with Crippen molar-refractivity contribution < 1.29 is 28.8 Å². The van der Waals surface area contributed by atoms with Crippen LogP contribution in [0.25, 0.3) is 0 Å². The second kappa shape index (κ2) is 8.71. The van der Waals surface area contributed by atoms with Gasteiger partial charge in [0.1, 0.15) is 30.8 Å². The number of aromatic nitrogens is 1. The van der Waals surface area contributed by atoms with Crippen molar-refractivity contribution in [2.24, 2.45) is 5.16 Å². The quantitative estimate of drug-likeness (QED) is 0.214. The lowest BCUT2D eigenvalue weighted by molar-refractivity contribution is -0.893. The number of likely N-dealkylation sites (N-methyl/N-ethyl adjacent to an activating group) is 1. The number of carbonyl (C=O) groups is 3. The van der Waals surface area contributed by atoms with E-state index in [1.54, 1.807) is 5.38 Å². The molecule has 1 aromatic rings. The number of nitrogen functional groups attached to an aromatic ring is 1. The first kappa shape index (κ1) is 22.6. The van der Waals surface area contributed by atoms with E-state index in [1.165, 1.54) is 23.8 Å². The van der Waals surface area contributed by atoms with Crippen molar-refractivity contribution in [1.29, 1.82) is 0 Å². The average Bonchev–Trinajstić information content (AvgIpc) is 3.37. The number of hydrogen-bond donors (Lipinski definition) is 3. The zero-order valence-corrected chi connectivity index (χ0v) is 19.3. The number of carboxylic acid groups (broad SMARTS) is 1. The number of quaternary nitrogens is 1. The molecular formula is C19H25N6O5S2+. The SMILES string of the molecule is CO/N=C(/C(=O)NC1C(=O)N2C(C(=O)O)C(C[N+]3(C)CCCC3)=CSC12)c1csc(N)n1. The number of nitrogens with one attached hydrogen (secondary N) is 1. The van der Waals surface area contributed by atoms with Crippen LogP contribution in [0.15, 0.2) is 21.5 Å². The number of carbonyl (C=O) groups excluding carboxylic acids is 2. The van der Waals surface area contributed by atoms with Crippen LogP contribution in [-0.4, -0.2) is 94.2 Å². The number of rotatable bonds is 7. The Morgan fingerprint density at radius 2 is 2.16 bits per heavy atom. The highest BCUT2D eigenvalue weighted by Gasteiger charge is 2.56. The Labute approximate surface area is 192 Å². The average molecular weight is 482 g/mol. The Balaban J connectivity index is 1.51. The first-order chi connectivity index (χ1) is 15.2. The van der Waals surface area contributed by atoms with Gasteiger partial charge in [-0.2, -0.15) is 0 Å². The number of anilines is 1. The van der Waals surface area contributed by atoms with Crippen LogP contribution in [0, 0.1) is 0 Å². The molecule has 3 unspecified atom stereocenters. The largest absolute Gasteiger partial charge is 0.479 e. The van der Waals surface area contributed by atoms with E-state index in [0.29, 0.717) is 6.54 Å². The fourth-order valence-corrected chi connectivity index (χ4v) is 6.20. The van der Waals surface area contributed by atoms with Gasteiger partial charge in [0.2, 0.25) is 5.91 Å². The second-order valence-corrected chi connectivity index (χ2v) is 10.2. The van der Waals surface area contributed by atoms with Crippen molar-refractivity contribution in [3.63, 3.8) is 0 Å². The van der Waals surface area contributed by atoms with Crippen LogP contribution >= 0.6 is 23.1 Å². The first-order valence-corrected chi connectivity index (χ1v) is 11.9. The number of amides is 2. The minimum Gasteiger partial charge on any atom is -0.479 e. The van der Waals surface area contributed by atoms with Crippen LogP contribution in [0.4, 0.5) is 5.13 Å². The Morgan fingerprint density at radius 1 is 1.44 bits per heavy atom. The van der Waals surface area contributed by atoms with Crippen LogP contribution in [-0.2, 0) is 19.2 Å². The van der Waals surface area contributed by atoms with Crippen LogP contribution in [0.3, 0.4) is 0 Å². The van der Waals surface area contributed by atoms with Crippen molar-refractivity contribution in [1.82, 2.24) is 15.2 Å². The molecule has 0 aromatic carbocycles. The molecule has 4 rings (SSSR count). The van der Waals surface area contributed by atoms with Crippen LogP contribution < -0.4 is 11.1 Å². The van der Waals surface area contributed by atoms with Crippen LogP contribution in [0.2, 0.25) is 0 Å². The first-order valence-electron chi connectivity index (χ1n) is 10.1. The van der Waals surface area contributed by atoms with Crippen LogP contribution in [0.5, 0.6) is 0 Å². The topological polar surface area (TPSA) is 147 Å². The molecule has 172 valence electrons. The van der Waals surface area contributed by atoms with Gasteiger partial charge in [0.15, 0.2) is 16.9 Å². The molecule has 32 heavy (non-hydrogen) atoms. The summed E-state index contributed by atoms with van der Waals surface area (Å²) in [7, 11) is 3.41. The molecule has 0 saturated carbocycles. The molecule has 4 N–H and O–H groups in total. The summed E-state index contributed by atoms with van der Waals surface area (Å²) in [4.78, 5) is 48.0. The maximum Gasteiger partial charge on any atom is 0.331 e. The molecule has 0 bridgehead atoms. The zero-order chi connectivity index (χ0) is 23.0. The number of thiazole rings is 1. The summed E-state index contributed by atoms with van der Waals surface area (Å²) in [6.07, 6.45) is 2.23. The number of hydrogen-bond acceptors (Lipinski definition) is 9. The van der Waals surface area contributed by atoms with E-state index < -0.39 is 35.2 Å². The van der Waals surface area contributed by atoms with Crippen molar-refractivity contribution in [2.45, 2.75) is 30.3 Å². The molecule has 13 heteroatoms. The predicted octanol–water partition coefficient (Wildman–Crippen LogP) is 0.0532. The zero-order valence-electron chi connectivity index (χ0n) is 17.7. The normalized spacial score (nSPS) is 26.8. The molecule has 0 aliphatic carbocycles. The van der Waals surface area contributed by atoms with Crippen molar-refractivity contribution in [3.05, 3.63) is 22.1 Å². The fraction of sp³-hybridized carbons (Fsp3) is 0.526. The van der Waals surface area contributed by atoms with Gasteiger partial charge in [-0.3, -0.25) is 9.59 Å². The highest BCUT2D eigenvalue weighted by atomic mass is 32.2. The summed E-state index contributed by atoms with van der Waals surface area (Å²) in [5.74, 6) is -2.15. The second-order valence-electron chi connectivity index (χ2n) is 8.28. The Bertz CT molecular complexity index is 1000. The van der Waals surface area contributed by atoms with Crippen molar-refractivity contribution in [2.75, 3.05) is 39.5 Å². The van der Waals surface area contributed by atoms with E-state index in [9.17, 15) is 19.5 Å². The summed E-state index contributed by atoms with van der Waals surface area (Å²) in [6.45, 7) is 2.58. The number of oxime groups is 1. The highest BCUT2D eigenvalue weighted by molar-refractivity contribution is 8.03. The Morgan fingerprint density at radius 3 is 2.75 bits per heavy atom. The van der Waals surface area contributed by atoms with Gasteiger partial charge in [-0.05, 0) is 5.41 Å². The van der Waals surface area contributed by atoms with Gasteiger partial charge in [0.25, 0.3) is 5.91 Å². The summed E-state index contributed by atoms with van der Waals surface area (Å²) in [6, 6.07) is -1.90.